The third-order valence-corrected chi connectivity index (χ3v) is 4.93. The Hall–Kier alpha value is -2.38. The molecule has 2 aromatic rings. The molecule has 0 saturated carbocycles. The normalized spacial score (nSPS) is 21.4. The van der Waals surface area contributed by atoms with Crippen LogP contribution in [0.3, 0.4) is 0 Å². The predicted molar refractivity (Wildman–Crippen MR) is 101 cm³/mol. The van der Waals surface area contributed by atoms with Gasteiger partial charge in [-0.1, -0.05) is 17.7 Å². The van der Waals surface area contributed by atoms with Crippen LogP contribution in [0.25, 0.3) is 0 Å². The largest absolute Gasteiger partial charge is 0.491 e. The van der Waals surface area contributed by atoms with Crippen molar-refractivity contribution in [2.75, 3.05) is 23.8 Å². The van der Waals surface area contributed by atoms with Gasteiger partial charge in [-0.3, -0.25) is 0 Å². The van der Waals surface area contributed by atoms with Gasteiger partial charge in [0.15, 0.2) is 5.82 Å². The molecular formula is C17H17BClN5O3. The van der Waals surface area contributed by atoms with Gasteiger partial charge in [-0.15, -0.1) is 0 Å². The highest BCUT2D eigenvalue weighted by Crippen LogP contribution is 2.26. The van der Waals surface area contributed by atoms with Crippen LogP contribution < -0.4 is 16.1 Å². The van der Waals surface area contributed by atoms with E-state index in [1.807, 2.05) is 12.1 Å². The second-order valence-electron chi connectivity index (χ2n) is 6.44. The average molecular weight is 386 g/mol. The van der Waals surface area contributed by atoms with Gasteiger partial charge >= 0.3 is 7.12 Å². The zero-order valence-electron chi connectivity index (χ0n) is 14.4. The Morgan fingerprint density at radius 2 is 2.30 bits per heavy atom. The lowest BCUT2D eigenvalue weighted by Gasteiger charge is -2.28. The molecule has 10 heteroatoms. The van der Waals surface area contributed by atoms with Crippen LogP contribution in [0.5, 0.6) is 0 Å². The maximum atomic E-state index is 9.70. The number of ether oxygens (including phenoxy) is 1. The van der Waals surface area contributed by atoms with Crippen LogP contribution >= 0.6 is 11.6 Å². The van der Waals surface area contributed by atoms with Gasteiger partial charge in [-0.25, -0.2) is 4.98 Å². The summed E-state index contributed by atoms with van der Waals surface area (Å²) in [5.74, 6) is 0.653. The minimum atomic E-state index is -0.873. The van der Waals surface area contributed by atoms with Crippen LogP contribution in [0.15, 0.2) is 24.4 Å². The third-order valence-electron chi connectivity index (χ3n) is 4.65. The number of rotatable bonds is 4. The number of benzene rings is 1. The number of hydrogen-bond donors (Lipinski definition) is 3. The quantitative estimate of drug-likeness (QED) is 0.678. The fourth-order valence-electron chi connectivity index (χ4n) is 3.18. The Kier molecular flexibility index (Phi) is 5.14. The van der Waals surface area contributed by atoms with Gasteiger partial charge in [0.1, 0.15) is 5.02 Å². The molecule has 3 N–H and O–H groups in total. The lowest BCUT2D eigenvalue weighted by Crippen LogP contribution is -2.38. The maximum absolute atomic E-state index is 9.70. The van der Waals surface area contributed by atoms with Crippen molar-refractivity contribution in [2.24, 2.45) is 5.92 Å². The number of halogens is 1. The molecule has 0 radical (unpaired) electrons. The van der Waals surface area contributed by atoms with Crippen LogP contribution in [0, 0.1) is 17.2 Å². The maximum Gasteiger partial charge on any atom is 0.491 e. The molecule has 0 spiro atoms. The van der Waals surface area contributed by atoms with Crippen molar-refractivity contribution in [3.8, 4) is 6.07 Å². The third kappa shape index (κ3) is 3.84. The van der Waals surface area contributed by atoms with Crippen molar-refractivity contribution in [3.63, 3.8) is 0 Å². The van der Waals surface area contributed by atoms with Crippen LogP contribution in [0.1, 0.15) is 12.0 Å². The highest BCUT2D eigenvalue weighted by Gasteiger charge is 2.28. The van der Waals surface area contributed by atoms with E-state index in [-0.39, 0.29) is 12.0 Å². The van der Waals surface area contributed by atoms with E-state index < -0.39 is 7.12 Å². The van der Waals surface area contributed by atoms with Gasteiger partial charge < -0.3 is 25.0 Å². The number of aromatic nitrogens is 2. The summed E-state index contributed by atoms with van der Waals surface area (Å²) < 4.78 is 10.7. The van der Waals surface area contributed by atoms with Gasteiger partial charge in [0, 0.05) is 12.3 Å². The lowest BCUT2D eigenvalue weighted by molar-refractivity contribution is 0.0698. The number of fused-ring (bicyclic) bond motifs is 1. The molecule has 1 aromatic heterocycles. The van der Waals surface area contributed by atoms with E-state index in [0.717, 1.165) is 16.7 Å². The van der Waals surface area contributed by atoms with Crippen molar-refractivity contribution in [1.29, 1.82) is 5.26 Å². The van der Waals surface area contributed by atoms with E-state index in [1.165, 1.54) is 6.20 Å². The monoisotopic (exact) mass is 385 g/mol. The Morgan fingerprint density at radius 1 is 1.41 bits per heavy atom. The van der Waals surface area contributed by atoms with E-state index in [2.05, 4.69) is 26.7 Å². The summed E-state index contributed by atoms with van der Waals surface area (Å²) in [7, 11) is -0.873. The van der Waals surface area contributed by atoms with Gasteiger partial charge in [0.05, 0.1) is 37.4 Å². The van der Waals surface area contributed by atoms with Crippen LogP contribution in [-0.4, -0.2) is 41.4 Å². The SMILES string of the molecule is N#CC1CCOC[C@@H]1Nc1nc(Nc2ccc3c(c2)COB3O)ncc1Cl. The van der Waals surface area contributed by atoms with Crippen molar-refractivity contribution >= 4 is 41.6 Å². The van der Waals surface area contributed by atoms with E-state index in [4.69, 9.17) is 21.0 Å². The summed E-state index contributed by atoms with van der Waals surface area (Å²) in [5, 5.41) is 25.7. The Labute approximate surface area is 161 Å². The minimum Gasteiger partial charge on any atom is -0.423 e. The molecule has 1 unspecified atom stereocenters. The second kappa shape index (κ2) is 7.70. The first-order valence-electron chi connectivity index (χ1n) is 8.60. The highest BCUT2D eigenvalue weighted by atomic mass is 35.5. The summed E-state index contributed by atoms with van der Waals surface area (Å²) in [6.45, 7) is 1.36. The molecule has 138 valence electrons. The molecule has 2 aliphatic heterocycles. The molecule has 0 amide bonds. The highest BCUT2D eigenvalue weighted by molar-refractivity contribution is 6.61. The van der Waals surface area contributed by atoms with Gasteiger partial charge in [-0.2, -0.15) is 10.2 Å². The molecule has 2 aliphatic rings. The average Bonchev–Trinajstić information content (AvgIpc) is 3.05. The first-order chi connectivity index (χ1) is 13.1. The molecule has 8 nitrogen and oxygen atoms in total. The standard InChI is InChI=1S/C17H17BClN5O3/c19-14-7-21-17(22-12-1-2-13-11(5-12)8-27-18(13)25)24-16(14)23-15-9-26-4-3-10(15)6-20/h1-2,5,7,10,15,25H,3-4,8-9H2,(H2,21,22,23,24)/t10?,15-/m0/s1. The first-order valence-corrected chi connectivity index (χ1v) is 8.98. The first kappa shape index (κ1) is 18.0. The number of nitrogens with zero attached hydrogens (tertiary/aromatic N) is 3. The van der Waals surface area contributed by atoms with Crippen LogP contribution in [-0.2, 0) is 16.0 Å². The zero-order chi connectivity index (χ0) is 18.8. The van der Waals surface area contributed by atoms with Crippen molar-refractivity contribution in [1.82, 2.24) is 9.97 Å². The minimum absolute atomic E-state index is 0.163. The van der Waals surface area contributed by atoms with Crippen molar-refractivity contribution in [2.45, 2.75) is 19.1 Å². The molecular weight excluding hydrogens is 368 g/mol. The Morgan fingerprint density at radius 3 is 3.15 bits per heavy atom. The number of anilines is 3. The topological polar surface area (TPSA) is 112 Å². The summed E-state index contributed by atoms with van der Waals surface area (Å²) in [6.07, 6.45) is 2.18. The van der Waals surface area contributed by atoms with Crippen molar-refractivity contribution in [3.05, 3.63) is 35.0 Å². The fraction of sp³-hybridized carbons (Fsp3) is 0.353. The van der Waals surface area contributed by atoms with Crippen molar-refractivity contribution < 1.29 is 14.4 Å². The van der Waals surface area contributed by atoms with E-state index in [9.17, 15) is 10.3 Å². The van der Waals surface area contributed by atoms with Crippen LogP contribution in [0.2, 0.25) is 5.02 Å². The molecule has 0 bridgehead atoms. The van der Waals surface area contributed by atoms with E-state index in [0.29, 0.717) is 43.0 Å². The second-order valence-corrected chi connectivity index (χ2v) is 6.85. The summed E-state index contributed by atoms with van der Waals surface area (Å²) in [6, 6.07) is 7.64. The number of nitriles is 1. The smallest absolute Gasteiger partial charge is 0.423 e. The van der Waals surface area contributed by atoms with Gasteiger partial charge in [-0.05, 0) is 29.6 Å². The Balaban J connectivity index is 1.51. The number of nitrogens with one attached hydrogen (secondary N) is 2. The molecule has 4 rings (SSSR count). The Bertz CT molecular complexity index is 893. The molecule has 2 atom stereocenters. The van der Waals surface area contributed by atoms with E-state index in [1.54, 1.807) is 6.07 Å². The lowest BCUT2D eigenvalue weighted by atomic mass is 9.79. The summed E-state index contributed by atoms with van der Waals surface area (Å²) in [5.41, 5.74) is 2.45. The molecule has 1 fully saturated rings. The molecule has 3 heterocycles. The number of hydrogen-bond acceptors (Lipinski definition) is 8. The summed E-state index contributed by atoms with van der Waals surface area (Å²) in [4.78, 5) is 8.63. The summed E-state index contributed by atoms with van der Waals surface area (Å²) >= 11 is 6.22. The molecule has 1 aromatic carbocycles. The van der Waals surface area contributed by atoms with E-state index >= 15 is 0 Å². The van der Waals surface area contributed by atoms with Crippen LogP contribution in [0.4, 0.5) is 17.5 Å². The molecule has 27 heavy (non-hydrogen) atoms. The van der Waals surface area contributed by atoms with Gasteiger partial charge in [0.25, 0.3) is 0 Å². The molecule has 1 saturated heterocycles. The zero-order valence-corrected chi connectivity index (χ0v) is 15.1. The van der Waals surface area contributed by atoms with Gasteiger partial charge in [0.2, 0.25) is 5.95 Å². The molecule has 0 aliphatic carbocycles. The predicted octanol–water partition coefficient (Wildman–Crippen LogP) is 1.43. The fourth-order valence-corrected chi connectivity index (χ4v) is 3.32.